The molecule has 1 rings (SSSR count). The second kappa shape index (κ2) is 16.6. The number of allylic oxidation sites excluding steroid dienone is 6. The number of carbonyl (C=O) groups is 1. The van der Waals surface area contributed by atoms with E-state index in [1.807, 2.05) is 6.92 Å². The molecule has 3 N–H and O–H groups in total. The molecular weight excluding hydrogens is 543 g/mol. The van der Waals surface area contributed by atoms with E-state index in [9.17, 15) is 26.7 Å². The lowest BCUT2D eigenvalue weighted by Crippen LogP contribution is -2.59. The highest BCUT2D eigenvalue weighted by Gasteiger charge is 2.46. The maximum atomic E-state index is 14.7. The molecule has 0 aromatic heterocycles. The van der Waals surface area contributed by atoms with Gasteiger partial charge in [0.05, 0.1) is 23.9 Å². The van der Waals surface area contributed by atoms with E-state index in [1.165, 1.54) is 32.3 Å². The third-order valence-corrected chi connectivity index (χ3v) is 6.19. The van der Waals surface area contributed by atoms with Crippen molar-refractivity contribution in [2.24, 2.45) is 26.6 Å². The Bertz CT molecular complexity index is 1120. The third kappa shape index (κ3) is 11.1. The van der Waals surface area contributed by atoms with Crippen LogP contribution in [0.15, 0.2) is 74.2 Å². The highest BCUT2D eigenvalue weighted by atomic mass is 19.4. The number of halogens is 5. The highest BCUT2D eigenvalue weighted by Crippen LogP contribution is 2.35. The minimum atomic E-state index is -4.58. The minimum Gasteiger partial charge on any atom is -0.394 e. The smallest absolute Gasteiger partial charge is 0.394 e. The molecule has 0 radical (unpaired) electrons. The van der Waals surface area contributed by atoms with Crippen molar-refractivity contribution >= 4 is 24.6 Å². The molecule has 12 heteroatoms. The van der Waals surface area contributed by atoms with Crippen LogP contribution in [0.2, 0.25) is 0 Å². The summed E-state index contributed by atoms with van der Waals surface area (Å²) in [5, 5.41) is 2.93. The van der Waals surface area contributed by atoms with Gasteiger partial charge in [0.15, 0.2) is 0 Å². The van der Waals surface area contributed by atoms with Gasteiger partial charge in [-0.15, -0.1) is 0 Å². The van der Waals surface area contributed by atoms with Crippen LogP contribution in [0.1, 0.15) is 53.4 Å². The van der Waals surface area contributed by atoms with Gasteiger partial charge in [-0.2, -0.15) is 13.2 Å². The number of rotatable bonds is 13. The highest BCUT2D eigenvalue weighted by molar-refractivity contribution is 6.02. The SMILES string of the molecule is C=C/C=C(\N=CCCC)C(C=NC)=C(N)C(=O)N1CC(F)(F)CC(C)[C@H]1CNC(=C\CC)/N=C/C(=C\C)C(F)(F)F. The maximum Gasteiger partial charge on any atom is 0.417 e. The Hall–Kier alpha value is -3.57. The molecule has 1 saturated heterocycles. The van der Waals surface area contributed by atoms with Crippen LogP contribution in [0.5, 0.6) is 0 Å². The Morgan fingerprint density at radius 3 is 2.44 bits per heavy atom. The summed E-state index contributed by atoms with van der Waals surface area (Å²) < 4.78 is 68.8. The van der Waals surface area contributed by atoms with Crippen molar-refractivity contribution in [2.45, 2.75) is 71.5 Å². The van der Waals surface area contributed by atoms with Crippen molar-refractivity contribution in [3.63, 3.8) is 0 Å². The minimum absolute atomic E-state index is 0.0438. The molecule has 0 saturated carbocycles. The van der Waals surface area contributed by atoms with Crippen molar-refractivity contribution in [3.8, 4) is 0 Å². The van der Waals surface area contributed by atoms with Crippen molar-refractivity contribution in [1.82, 2.24) is 10.2 Å². The normalized spacial score (nSPS) is 21.6. The van der Waals surface area contributed by atoms with Gasteiger partial charge in [-0.3, -0.25) is 14.8 Å². The molecule has 0 aromatic rings. The van der Waals surface area contributed by atoms with E-state index in [2.05, 4.69) is 26.9 Å². The summed E-state index contributed by atoms with van der Waals surface area (Å²) in [6.45, 7) is 9.32. The van der Waals surface area contributed by atoms with E-state index in [0.717, 1.165) is 17.4 Å². The number of nitrogens with two attached hydrogens (primary N) is 1. The first-order valence-electron chi connectivity index (χ1n) is 13.4. The summed E-state index contributed by atoms with van der Waals surface area (Å²) in [7, 11) is 1.48. The molecule has 1 fully saturated rings. The molecule has 0 spiro atoms. The zero-order valence-corrected chi connectivity index (χ0v) is 24.3. The Balaban J connectivity index is 3.46. The van der Waals surface area contributed by atoms with Crippen molar-refractivity contribution in [3.05, 3.63) is 59.2 Å². The van der Waals surface area contributed by atoms with Crippen LogP contribution < -0.4 is 11.1 Å². The van der Waals surface area contributed by atoms with Crippen molar-refractivity contribution < 1.29 is 26.7 Å². The van der Waals surface area contributed by atoms with Gasteiger partial charge in [0, 0.05) is 44.2 Å². The molecule has 228 valence electrons. The first kappa shape index (κ1) is 35.5. The zero-order chi connectivity index (χ0) is 31.2. The summed E-state index contributed by atoms with van der Waals surface area (Å²) in [4.78, 5) is 26.9. The van der Waals surface area contributed by atoms with Crippen LogP contribution in [-0.2, 0) is 4.79 Å². The largest absolute Gasteiger partial charge is 0.417 e. The number of hydrogen-bond acceptors (Lipinski definition) is 6. The van der Waals surface area contributed by atoms with E-state index in [0.29, 0.717) is 24.8 Å². The first-order chi connectivity index (χ1) is 19.3. The standard InChI is InChI=1S/C29H41F5N6O/c1-7-11-14-37-23(12-8-2)22(17-36-6)26(35)27(41)40-19-28(30,31)15-20(5)24(40)18-39-25(13-9-3)38-16-21(10-4)29(32,33)34/h8,10,12-14,16-17,20,24,39H,2,7,9,11,15,18-19,35H2,1,3-6H3/b21-10+,23-12-,25-13-,26-22?,36-17?,37-14?,38-16+/t20?,24-/m1/s1. The number of piperidine rings is 1. The number of nitrogens with one attached hydrogen (secondary N) is 1. The fourth-order valence-corrected chi connectivity index (χ4v) is 4.18. The number of carbonyl (C=O) groups excluding carboxylic acids is 1. The fraction of sp³-hybridized carbons (Fsp3) is 0.517. The predicted octanol–water partition coefficient (Wildman–Crippen LogP) is 6.13. The second-order valence-corrected chi connectivity index (χ2v) is 9.52. The number of alkyl halides is 5. The van der Waals surface area contributed by atoms with Gasteiger partial charge in [-0.05, 0) is 37.8 Å². The van der Waals surface area contributed by atoms with Gasteiger partial charge < -0.3 is 16.0 Å². The van der Waals surface area contributed by atoms with Crippen molar-refractivity contribution in [1.29, 1.82) is 0 Å². The maximum absolute atomic E-state index is 14.7. The summed E-state index contributed by atoms with van der Waals surface area (Å²) in [6, 6.07) is -0.768. The van der Waals surface area contributed by atoms with Gasteiger partial charge >= 0.3 is 6.18 Å². The number of likely N-dealkylation sites (tertiary alicyclic amines) is 1. The van der Waals surface area contributed by atoms with Crippen LogP contribution >= 0.6 is 0 Å². The lowest BCUT2D eigenvalue weighted by molar-refractivity contribution is -0.148. The van der Waals surface area contributed by atoms with Crippen LogP contribution in [-0.4, -0.2) is 67.7 Å². The molecule has 0 aliphatic carbocycles. The number of aliphatic imine (C=N–C) groups is 3. The van der Waals surface area contributed by atoms with Gasteiger partial charge in [0.2, 0.25) is 0 Å². The van der Waals surface area contributed by atoms with Crippen LogP contribution in [0.25, 0.3) is 0 Å². The molecule has 1 aliphatic heterocycles. The Kier molecular flexibility index (Phi) is 14.4. The summed E-state index contributed by atoms with van der Waals surface area (Å²) in [6.07, 6.45) is 6.03. The molecule has 1 amide bonds. The summed E-state index contributed by atoms with van der Waals surface area (Å²) in [5.41, 5.74) is 5.48. The number of unbranched alkanes of at least 4 members (excludes halogenated alkanes) is 1. The zero-order valence-electron chi connectivity index (χ0n) is 24.3. The molecule has 0 bridgehead atoms. The fourth-order valence-electron chi connectivity index (χ4n) is 4.18. The lowest BCUT2D eigenvalue weighted by Gasteiger charge is -2.43. The average molecular weight is 585 g/mol. The Labute approximate surface area is 239 Å². The lowest BCUT2D eigenvalue weighted by atomic mass is 9.88. The molecule has 0 aromatic carbocycles. The Morgan fingerprint density at radius 2 is 1.90 bits per heavy atom. The van der Waals surface area contributed by atoms with Crippen LogP contribution in [0.4, 0.5) is 22.0 Å². The van der Waals surface area contributed by atoms with Gasteiger partial charge in [-0.25, -0.2) is 13.8 Å². The molecule has 1 unspecified atom stereocenters. The second-order valence-electron chi connectivity index (χ2n) is 9.52. The van der Waals surface area contributed by atoms with E-state index in [-0.39, 0.29) is 23.6 Å². The average Bonchev–Trinajstić information content (AvgIpc) is 2.88. The summed E-state index contributed by atoms with van der Waals surface area (Å²) in [5.74, 6) is -4.56. The topological polar surface area (TPSA) is 95.4 Å². The van der Waals surface area contributed by atoms with E-state index in [4.69, 9.17) is 5.73 Å². The Morgan fingerprint density at radius 1 is 1.22 bits per heavy atom. The van der Waals surface area contributed by atoms with Gasteiger partial charge in [-0.1, -0.05) is 45.9 Å². The van der Waals surface area contributed by atoms with Crippen molar-refractivity contribution in [2.75, 3.05) is 20.1 Å². The third-order valence-electron chi connectivity index (χ3n) is 6.19. The number of hydrogen-bond donors (Lipinski definition) is 2. The van der Waals surface area contributed by atoms with Gasteiger partial charge in [0.1, 0.15) is 11.5 Å². The quantitative estimate of drug-likeness (QED) is 0.118. The van der Waals surface area contributed by atoms with Crippen LogP contribution in [0, 0.1) is 5.92 Å². The molecule has 1 heterocycles. The molecule has 2 atom stereocenters. The molecule has 41 heavy (non-hydrogen) atoms. The summed E-state index contributed by atoms with van der Waals surface area (Å²) >= 11 is 0. The van der Waals surface area contributed by atoms with Crippen LogP contribution in [0.3, 0.4) is 0 Å². The van der Waals surface area contributed by atoms with E-state index < -0.39 is 48.5 Å². The predicted molar refractivity (Wildman–Crippen MR) is 156 cm³/mol. The van der Waals surface area contributed by atoms with E-state index in [1.54, 1.807) is 26.1 Å². The number of nitrogens with zero attached hydrogens (tertiary/aromatic N) is 4. The number of amides is 1. The van der Waals surface area contributed by atoms with Gasteiger partial charge in [0.25, 0.3) is 11.8 Å². The first-order valence-corrected chi connectivity index (χ1v) is 13.4. The molecule has 7 nitrogen and oxygen atoms in total. The molecule has 1 aliphatic rings. The van der Waals surface area contributed by atoms with E-state index >= 15 is 0 Å². The monoisotopic (exact) mass is 584 g/mol. The molecular formula is C29H41F5N6O.